The van der Waals surface area contributed by atoms with Crippen LogP contribution in [0.25, 0.3) is 0 Å². The molecule has 1 aromatic rings. The van der Waals surface area contributed by atoms with Crippen LogP contribution < -0.4 is 10.6 Å². The first-order valence-corrected chi connectivity index (χ1v) is 5.51. The number of halogens is 2. The fraction of sp³-hybridized carbons (Fsp3) is 0.417. The molecule has 0 aromatic heterocycles. The maximum absolute atomic E-state index is 12.9. The van der Waals surface area contributed by atoms with Gasteiger partial charge in [0.25, 0.3) is 0 Å². The summed E-state index contributed by atoms with van der Waals surface area (Å²) in [6.07, 6.45) is 1.92. The van der Waals surface area contributed by atoms with Gasteiger partial charge in [-0.25, -0.2) is 4.39 Å². The normalized spacial score (nSPS) is 18.5. The minimum absolute atomic E-state index is 0. The SMILES string of the molecule is Cl.O=C(NCc1cccc(F)c1)[C@@H]1CCCN1. The molecule has 1 atom stereocenters. The van der Waals surface area contributed by atoms with E-state index in [4.69, 9.17) is 0 Å². The summed E-state index contributed by atoms with van der Waals surface area (Å²) in [6, 6.07) is 6.19. The second-order valence-corrected chi connectivity index (χ2v) is 4.00. The van der Waals surface area contributed by atoms with Crippen molar-refractivity contribution in [2.75, 3.05) is 6.54 Å². The van der Waals surface area contributed by atoms with E-state index in [9.17, 15) is 9.18 Å². The molecule has 0 unspecified atom stereocenters. The lowest BCUT2D eigenvalue weighted by atomic mass is 10.2. The molecule has 1 saturated heterocycles. The van der Waals surface area contributed by atoms with Gasteiger partial charge in [-0.3, -0.25) is 4.79 Å². The van der Waals surface area contributed by atoms with Gasteiger partial charge in [-0.1, -0.05) is 12.1 Å². The molecule has 1 aromatic carbocycles. The maximum Gasteiger partial charge on any atom is 0.237 e. The molecule has 0 aliphatic carbocycles. The van der Waals surface area contributed by atoms with E-state index in [2.05, 4.69) is 10.6 Å². The molecule has 1 aliphatic rings. The van der Waals surface area contributed by atoms with Gasteiger partial charge in [0.15, 0.2) is 0 Å². The van der Waals surface area contributed by atoms with E-state index in [1.54, 1.807) is 12.1 Å². The first-order valence-electron chi connectivity index (χ1n) is 5.51. The molecule has 0 saturated carbocycles. The zero-order valence-corrected chi connectivity index (χ0v) is 10.2. The predicted octanol–water partition coefficient (Wildman–Crippen LogP) is 1.62. The molecule has 94 valence electrons. The maximum atomic E-state index is 12.9. The zero-order chi connectivity index (χ0) is 11.4. The molecule has 1 heterocycles. The van der Waals surface area contributed by atoms with Crippen molar-refractivity contribution in [3.8, 4) is 0 Å². The molecule has 0 bridgehead atoms. The Balaban J connectivity index is 0.00000144. The first kappa shape index (κ1) is 13.9. The second-order valence-electron chi connectivity index (χ2n) is 4.00. The van der Waals surface area contributed by atoms with Gasteiger partial charge >= 0.3 is 0 Å². The minimum atomic E-state index is -0.272. The van der Waals surface area contributed by atoms with Crippen molar-refractivity contribution in [1.29, 1.82) is 0 Å². The van der Waals surface area contributed by atoms with E-state index in [-0.39, 0.29) is 30.2 Å². The summed E-state index contributed by atoms with van der Waals surface area (Å²) in [5, 5.41) is 5.92. The molecule has 2 rings (SSSR count). The summed E-state index contributed by atoms with van der Waals surface area (Å²) in [7, 11) is 0. The van der Waals surface area contributed by atoms with Crippen LogP contribution in [0.5, 0.6) is 0 Å². The van der Waals surface area contributed by atoms with Crippen molar-refractivity contribution in [1.82, 2.24) is 10.6 Å². The van der Waals surface area contributed by atoms with Crippen LogP contribution in [-0.2, 0) is 11.3 Å². The smallest absolute Gasteiger partial charge is 0.237 e. The van der Waals surface area contributed by atoms with Gasteiger partial charge in [0.2, 0.25) is 5.91 Å². The van der Waals surface area contributed by atoms with Crippen molar-refractivity contribution in [3.05, 3.63) is 35.6 Å². The molecule has 17 heavy (non-hydrogen) atoms. The third kappa shape index (κ3) is 3.98. The minimum Gasteiger partial charge on any atom is -0.351 e. The Labute approximate surface area is 106 Å². The Hall–Kier alpha value is -1.13. The van der Waals surface area contributed by atoms with Crippen LogP contribution in [0.3, 0.4) is 0 Å². The molecule has 1 amide bonds. The molecular weight excluding hydrogens is 243 g/mol. The fourth-order valence-corrected chi connectivity index (χ4v) is 1.87. The van der Waals surface area contributed by atoms with Crippen LogP contribution in [0.2, 0.25) is 0 Å². The topological polar surface area (TPSA) is 41.1 Å². The summed E-state index contributed by atoms with van der Waals surface area (Å²) in [6.45, 7) is 1.28. The molecule has 2 N–H and O–H groups in total. The van der Waals surface area contributed by atoms with Crippen molar-refractivity contribution < 1.29 is 9.18 Å². The number of amides is 1. The molecule has 1 aliphatic heterocycles. The van der Waals surface area contributed by atoms with Gasteiger partial charge in [0, 0.05) is 6.54 Å². The Morgan fingerprint density at radius 2 is 2.35 bits per heavy atom. The number of hydrogen-bond donors (Lipinski definition) is 2. The summed E-state index contributed by atoms with van der Waals surface area (Å²) in [4.78, 5) is 11.6. The first-order chi connectivity index (χ1) is 7.75. The summed E-state index contributed by atoms with van der Waals surface area (Å²) >= 11 is 0. The highest BCUT2D eigenvalue weighted by atomic mass is 35.5. The molecule has 5 heteroatoms. The number of carbonyl (C=O) groups excluding carboxylic acids is 1. The van der Waals surface area contributed by atoms with Gasteiger partial charge < -0.3 is 10.6 Å². The molecule has 0 spiro atoms. The van der Waals surface area contributed by atoms with E-state index in [1.807, 2.05) is 0 Å². The zero-order valence-electron chi connectivity index (χ0n) is 9.41. The van der Waals surface area contributed by atoms with Gasteiger partial charge in [-0.2, -0.15) is 0 Å². The number of hydrogen-bond acceptors (Lipinski definition) is 2. The molecular formula is C12H16ClFN2O. The van der Waals surface area contributed by atoms with Crippen LogP contribution in [0.1, 0.15) is 18.4 Å². The van der Waals surface area contributed by atoms with E-state index in [0.717, 1.165) is 24.9 Å². The van der Waals surface area contributed by atoms with Crippen LogP contribution in [0, 0.1) is 5.82 Å². The largest absolute Gasteiger partial charge is 0.351 e. The predicted molar refractivity (Wildman–Crippen MR) is 66.5 cm³/mol. The van der Waals surface area contributed by atoms with Crippen molar-refractivity contribution in [2.24, 2.45) is 0 Å². The third-order valence-electron chi connectivity index (χ3n) is 2.73. The lowest BCUT2D eigenvalue weighted by Gasteiger charge is -2.10. The van der Waals surface area contributed by atoms with E-state index in [1.165, 1.54) is 12.1 Å². The van der Waals surface area contributed by atoms with Crippen LogP contribution in [0.4, 0.5) is 4.39 Å². The van der Waals surface area contributed by atoms with Gasteiger partial charge in [0.1, 0.15) is 5.82 Å². The highest BCUT2D eigenvalue weighted by Gasteiger charge is 2.21. The molecule has 1 fully saturated rings. The van der Waals surface area contributed by atoms with Crippen LogP contribution in [0.15, 0.2) is 24.3 Å². The Kier molecular flexibility index (Phi) is 5.38. The van der Waals surface area contributed by atoms with E-state index < -0.39 is 0 Å². The van der Waals surface area contributed by atoms with E-state index in [0.29, 0.717) is 6.54 Å². The third-order valence-corrected chi connectivity index (χ3v) is 2.73. The molecule has 0 radical (unpaired) electrons. The fourth-order valence-electron chi connectivity index (χ4n) is 1.87. The Morgan fingerprint density at radius 1 is 1.53 bits per heavy atom. The van der Waals surface area contributed by atoms with E-state index >= 15 is 0 Å². The second kappa shape index (κ2) is 6.57. The highest BCUT2D eigenvalue weighted by Crippen LogP contribution is 2.06. The lowest BCUT2D eigenvalue weighted by molar-refractivity contribution is -0.122. The lowest BCUT2D eigenvalue weighted by Crippen LogP contribution is -2.39. The summed E-state index contributed by atoms with van der Waals surface area (Å²) in [5.74, 6) is -0.271. The number of rotatable bonds is 3. The number of carbonyl (C=O) groups is 1. The van der Waals surface area contributed by atoms with Crippen molar-refractivity contribution in [3.63, 3.8) is 0 Å². The molecule has 3 nitrogen and oxygen atoms in total. The van der Waals surface area contributed by atoms with Crippen molar-refractivity contribution >= 4 is 18.3 Å². The highest BCUT2D eigenvalue weighted by molar-refractivity contribution is 5.85. The number of nitrogens with one attached hydrogen (secondary N) is 2. The summed E-state index contributed by atoms with van der Waals surface area (Å²) in [5.41, 5.74) is 0.784. The Bertz CT molecular complexity index is 381. The van der Waals surface area contributed by atoms with Gasteiger partial charge in [0.05, 0.1) is 6.04 Å². The monoisotopic (exact) mass is 258 g/mol. The van der Waals surface area contributed by atoms with Gasteiger partial charge in [-0.15, -0.1) is 12.4 Å². The van der Waals surface area contributed by atoms with Crippen molar-refractivity contribution in [2.45, 2.75) is 25.4 Å². The van der Waals surface area contributed by atoms with Crippen LogP contribution >= 0.6 is 12.4 Å². The quantitative estimate of drug-likeness (QED) is 0.865. The average molecular weight is 259 g/mol. The average Bonchev–Trinajstić information content (AvgIpc) is 2.79. The standard InChI is InChI=1S/C12H15FN2O.ClH/c13-10-4-1-3-9(7-10)8-15-12(16)11-5-2-6-14-11;/h1,3-4,7,11,14H,2,5-6,8H2,(H,15,16);1H/t11-;/m0./s1. The van der Waals surface area contributed by atoms with Gasteiger partial charge in [-0.05, 0) is 37.1 Å². The summed E-state index contributed by atoms with van der Waals surface area (Å²) < 4.78 is 12.9. The Morgan fingerprint density at radius 3 is 3.00 bits per heavy atom. The number of benzene rings is 1. The van der Waals surface area contributed by atoms with Crippen LogP contribution in [-0.4, -0.2) is 18.5 Å².